The van der Waals surface area contributed by atoms with Crippen LogP contribution >= 0.6 is 22.6 Å². The van der Waals surface area contributed by atoms with E-state index in [1.165, 1.54) is 19.2 Å². The molecule has 0 saturated carbocycles. The number of nitro groups is 1. The fourth-order valence-electron chi connectivity index (χ4n) is 1.36. The van der Waals surface area contributed by atoms with Gasteiger partial charge in [-0.1, -0.05) is 0 Å². The second-order valence-electron chi connectivity index (χ2n) is 4.77. The Morgan fingerprint density at radius 3 is 2.37 bits per heavy atom. The molecule has 1 aromatic carbocycles. The van der Waals surface area contributed by atoms with E-state index < -0.39 is 19.2 Å². The Hall–Kier alpha value is -1.16. The summed E-state index contributed by atoms with van der Waals surface area (Å²) in [5.74, 6) is -0.285. The quantitative estimate of drug-likeness (QED) is 0.257. The van der Waals surface area contributed by atoms with Gasteiger partial charge in [-0.05, 0) is 42.2 Å². The fourth-order valence-corrected chi connectivity index (χ4v) is 3.12. The van der Waals surface area contributed by atoms with E-state index in [9.17, 15) is 14.9 Å². The van der Waals surface area contributed by atoms with Crippen LogP contribution in [0.15, 0.2) is 12.1 Å². The molecule has 0 saturated heterocycles. The summed E-state index contributed by atoms with van der Waals surface area (Å²) in [7, 11) is -0.718. The lowest BCUT2D eigenvalue weighted by Gasteiger charge is -2.22. The van der Waals surface area contributed by atoms with Gasteiger partial charge in [-0.3, -0.25) is 10.1 Å². The summed E-state index contributed by atoms with van der Waals surface area (Å²) < 4.78 is 11.0. The average Bonchev–Trinajstić information content (AvgIpc) is 2.28. The van der Waals surface area contributed by atoms with Crippen molar-refractivity contribution in [3.8, 4) is 5.75 Å². The minimum absolute atomic E-state index is 0.0866. The second-order valence-corrected chi connectivity index (χ2v) is 10.4. The summed E-state index contributed by atoms with van der Waals surface area (Å²) in [5.41, 5.74) is -0.0729. The summed E-state index contributed by atoms with van der Waals surface area (Å²) in [6, 6.07) is 2.56. The van der Waals surface area contributed by atoms with Crippen molar-refractivity contribution in [3.05, 3.63) is 31.4 Å². The third-order valence-electron chi connectivity index (χ3n) is 2.05. The van der Waals surface area contributed by atoms with Gasteiger partial charge >= 0.3 is 5.97 Å². The standard InChI is InChI=1S/C11H14INO5Si/c1-17-11(14)8-5-7(13(15)16)6-9(12)10(8)18-19(2,3)4/h5-6H,1-4H3. The minimum Gasteiger partial charge on any atom is -0.543 e. The molecule has 0 aliphatic heterocycles. The molecule has 6 nitrogen and oxygen atoms in total. The maximum atomic E-state index is 11.7. The van der Waals surface area contributed by atoms with Crippen molar-refractivity contribution in [2.24, 2.45) is 0 Å². The number of non-ortho nitro benzene ring substituents is 1. The lowest BCUT2D eigenvalue weighted by Crippen LogP contribution is -2.30. The van der Waals surface area contributed by atoms with Gasteiger partial charge in [0.05, 0.1) is 15.6 Å². The predicted octanol–water partition coefficient (Wildman–Crippen LogP) is 3.20. The van der Waals surface area contributed by atoms with E-state index in [1.807, 2.05) is 42.2 Å². The molecule has 0 aliphatic rings. The molecule has 0 heterocycles. The fraction of sp³-hybridized carbons (Fsp3) is 0.364. The van der Waals surface area contributed by atoms with E-state index in [0.717, 1.165) is 0 Å². The molecule has 1 aromatic rings. The topological polar surface area (TPSA) is 78.7 Å². The number of ether oxygens (including phenoxy) is 1. The zero-order chi connectivity index (χ0) is 14.8. The third-order valence-corrected chi connectivity index (χ3v) is 3.67. The SMILES string of the molecule is COC(=O)c1cc([N+](=O)[O-])cc(I)c1O[Si](C)(C)C. The Labute approximate surface area is 125 Å². The van der Waals surface area contributed by atoms with Gasteiger partial charge in [-0.25, -0.2) is 4.79 Å². The zero-order valence-corrected chi connectivity index (χ0v) is 14.2. The van der Waals surface area contributed by atoms with Crippen molar-refractivity contribution < 1.29 is 18.9 Å². The first-order valence-corrected chi connectivity index (χ1v) is 9.89. The smallest absolute Gasteiger partial charge is 0.341 e. The predicted molar refractivity (Wildman–Crippen MR) is 81.1 cm³/mol. The Balaban J connectivity index is 3.43. The maximum Gasteiger partial charge on any atom is 0.341 e. The van der Waals surface area contributed by atoms with Crippen LogP contribution in [0.4, 0.5) is 5.69 Å². The van der Waals surface area contributed by atoms with Gasteiger partial charge in [0.25, 0.3) is 5.69 Å². The lowest BCUT2D eigenvalue weighted by molar-refractivity contribution is -0.385. The van der Waals surface area contributed by atoms with Gasteiger partial charge in [0, 0.05) is 12.1 Å². The van der Waals surface area contributed by atoms with Crippen LogP contribution in [-0.2, 0) is 4.74 Å². The Bertz CT molecular complexity index is 527. The molecule has 19 heavy (non-hydrogen) atoms. The highest BCUT2D eigenvalue weighted by atomic mass is 127. The molecule has 0 unspecified atom stereocenters. The minimum atomic E-state index is -1.95. The zero-order valence-electron chi connectivity index (χ0n) is 11.0. The highest BCUT2D eigenvalue weighted by Gasteiger charge is 2.26. The molecule has 104 valence electrons. The molecule has 0 atom stereocenters. The van der Waals surface area contributed by atoms with Crippen molar-refractivity contribution >= 4 is 42.6 Å². The first kappa shape index (κ1) is 15.9. The van der Waals surface area contributed by atoms with Crippen LogP contribution in [0.25, 0.3) is 0 Å². The van der Waals surface area contributed by atoms with Crippen LogP contribution in [-0.4, -0.2) is 26.3 Å². The van der Waals surface area contributed by atoms with Gasteiger partial charge in [0.15, 0.2) is 0 Å². The molecule has 0 bridgehead atoms. The molecular weight excluding hydrogens is 381 g/mol. The molecule has 8 heteroatoms. The van der Waals surface area contributed by atoms with Crippen molar-refractivity contribution in [2.75, 3.05) is 7.11 Å². The Morgan fingerprint density at radius 1 is 1.37 bits per heavy atom. The number of rotatable bonds is 4. The molecule has 0 aromatic heterocycles. The monoisotopic (exact) mass is 395 g/mol. The summed E-state index contributed by atoms with van der Waals surface area (Å²) in [5, 5.41) is 10.8. The normalized spacial score (nSPS) is 11.0. The van der Waals surface area contributed by atoms with Crippen molar-refractivity contribution in [2.45, 2.75) is 19.6 Å². The van der Waals surface area contributed by atoms with Crippen LogP contribution < -0.4 is 4.43 Å². The number of carbonyl (C=O) groups excluding carboxylic acids is 1. The number of nitrogens with zero attached hydrogens (tertiary/aromatic N) is 1. The maximum absolute atomic E-state index is 11.7. The highest BCUT2D eigenvalue weighted by molar-refractivity contribution is 14.1. The number of benzene rings is 1. The molecular formula is C11H14INO5Si. The first-order valence-electron chi connectivity index (χ1n) is 5.41. The summed E-state index contributed by atoms with van der Waals surface area (Å²) in [6.45, 7) is 5.89. The molecule has 0 aliphatic carbocycles. The number of carbonyl (C=O) groups is 1. The molecule has 0 spiro atoms. The summed E-state index contributed by atoms with van der Waals surface area (Å²) in [4.78, 5) is 22.0. The molecule has 0 radical (unpaired) electrons. The lowest BCUT2D eigenvalue weighted by atomic mass is 10.2. The Morgan fingerprint density at radius 2 is 1.95 bits per heavy atom. The van der Waals surface area contributed by atoms with Crippen LogP contribution in [0.2, 0.25) is 19.6 Å². The van der Waals surface area contributed by atoms with Crippen LogP contribution in [0, 0.1) is 13.7 Å². The summed E-state index contributed by atoms with van der Waals surface area (Å²) >= 11 is 1.92. The van der Waals surface area contributed by atoms with Gasteiger partial charge in [0.2, 0.25) is 8.32 Å². The number of hydrogen-bond acceptors (Lipinski definition) is 5. The van der Waals surface area contributed by atoms with E-state index in [2.05, 4.69) is 4.74 Å². The van der Waals surface area contributed by atoms with E-state index in [0.29, 0.717) is 9.32 Å². The van der Waals surface area contributed by atoms with Gasteiger partial charge in [-0.15, -0.1) is 0 Å². The Kier molecular flexibility index (Phi) is 4.90. The van der Waals surface area contributed by atoms with Gasteiger partial charge in [0.1, 0.15) is 11.3 Å². The molecule has 1 rings (SSSR count). The number of hydrogen-bond donors (Lipinski definition) is 0. The highest BCUT2D eigenvalue weighted by Crippen LogP contribution is 2.33. The number of halogens is 1. The largest absolute Gasteiger partial charge is 0.543 e. The van der Waals surface area contributed by atoms with Gasteiger partial charge < -0.3 is 9.16 Å². The van der Waals surface area contributed by atoms with Crippen molar-refractivity contribution in [3.63, 3.8) is 0 Å². The third kappa shape index (κ3) is 4.16. The number of methoxy groups -OCH3 is 1. The van der Waals surface area contributed by atoms with E-state index in [1.54, 1.807) is 0 Å². The first-order chi connectivity index (χ1) is 8.65. The van der Waals surface area contributed by atoms with E-state index in [-0.39, 0.29) is 11.3 Å². The summed E-state index contributed by atoms with van der Waals surface area (Å²) in [6.07, 6.45) is 0. The van der Waals surface area contributed by atoms with E-state index in [4.69, 9.17) is 4.43 Å². The number of esters is 1. The molecule has 0 amide bonds. The van der Waals surface area contributed by atoms with Crippen LogP contribution in [0.3, 0.4) is 0 Å². The van der Waals surface area contributed by atoms with Crippen LogP contribution in [0.1, 0.15) is 10.4 Å². The van der Waals surface area contributed by atoms with Crippen molar-refractivity contribution in [1.82, 2.24) is 0 Å². The van der Waals surface area contributed by atoms with Gasteiger partial charge in [-0.2, -0.15) is 0 Å². The van der Waals surface area contributed by atoms with E-state index >= 15 is 0 Å². The number of nitro benzene ring substituents is 1. The van der Waals surface area contributed by atoms with Crippen molar-refractivity contribution in [1.29, 1.82) is 0 Å². The molecule has 0 fully saturated rings. The average molecular weight is 395 g/mol. The second kappa shape index (κ2) is 5.86. The molecule has 0 N–H and O–H groups in total. The van der Waals surface area contributed by atoms with Crippen LogP contribution in [0.5, 0.6) is 5.75 Å².